The van der Waals surface area contributed by atoms with Crippen LogP contribution in [0.1, 0.15) is 0 Å². The molecule has 0 atom stereocenters. The first-order valence-electron chi connectivity index (χ1n) is 8.41. The van der Waals surface area contributed by atoms with E-state index in [9.17, 15) is 0 Å². The second-order valence-corrected chi connectivity index (χ2v) is 7.14. The molecule has 118 valence electrons. The summed E-state index contributed by atoms with van der Waals surface area (Å²) in [7, 11) is 0. The first-order valence-corrected chi connectivity index (χ1v) is 9.20. The summed E-state index contributed by atoms with van der Waals surface area (Å²) in [5.74, 6) is 0. The molecule has 0 aliphatic heterocycles. The first-order chi connectivity index (χ1) is 12.3. The van der Waals surface area contributed by atoms with Gasteiger partial charge in [-0.25, -0.2) is 0 Å². The summed E-state index contributed by atoms with van der Waals surface area (Å²) in [4.78, 5) is 0. The van der Waals surface area contributed by atoms with Crippen LogP contribution in [0, 0.1) is 0 Å². The lowest BCUT2D eigenvalue weighted by atomic mass is 9.90. The van der Waals surface area contributed by atoms with E-state index in [1.807, 2.05) is 0 Å². The highest BCUT2D eigenvalue weighted by molar-refractivity contribution is 9.10. The zero-order valence-electron chi connectivity index (χ0n) is 13.5. The number of benzene rings is 5. The minimum atomic E-state index is 1.17. The van der Waals surface area contributed by atoms with Crippen LogP contribution in [-0.2, 0) is 0 Å². The Morgan fingerprint density at radius 3 is 1.80 bits per heavy atom. The molecule has 0 unspecified atom stereocenters. The van der Waals surface area contributed by atoms with Gasteiger partial charge in [0.25, 0.3) is 0 Å². The number of halogens is 1. The topological polar surface area (TPSA) is 0 Å². The predicted octanol–water partition coefficient (Wildman–Crippen LogP) is 7.58. The zero-order chi connectivity index (χ0) is 16.8. The van der Waals surface area contributed by atoms with E-state index >= 15 is 0 Å². The van der Waals surface area contributed by atoms with E-state index in [-0.39, 0.29) is 0 Å². The molecule has 0 nitrogen and oxygen atoms in total. The van der Waals surface area contributed by atoms with E-state index < -0.39 is 0 Å². The van der Waals surface area contributed by atoms with Crippen LogP contribution < -0.4 is 0 Å². The molecule has 0 fully saturated rings. The normalized spacial score (nSPS) is 11.4. The molecular weight excluding hydrogens is 368 g/mol. The van der Waals surface area contributed by atoms with Gasteiger partial charge in [0.15, 0.2) is 0 Å². The van der Waals surface area contributed by atoms with Gasteiger partial charge < -0.3 is 0 Å². The second kappa shape index (κ2) is 5.72. The molecule has 1 heteroatoms. The van der Waals surface area contributed by atoms with Crippen molar-refractivity contribution in [1.82, 2.24) is 0 Å². The molecule has 5 aromatic rings. The van der Waals surface area contributed by atoms with Crippen LogP contribution in [0.15, 0.2) is 95.5 Å². The average Bonchev–Trinajstić information content (AvgIpc) is 2.67. The molecule has 0 saturated heterocycles. The Labute approximate surface area is 154 Å². The van der Waals surface area contributed by atoms with Gasteiger partial charge in [-0.2, -0.15) is 0 Å². The Hall–Kier alpha value is -2.64. The largest absolute Gasteiger partial charge is 0.0622 e. The Bertz CT molecular complexity index is 1240. The number of fused-ring (bicyclic) bond motifs is 3. The first kappa shape index (κ1) is 14.7. The lowest BCUT2D eigenvalue weighted by Crippen LogP contribution is -1.87. The molecule has 0 spiro atoms. The molecule has 0 N–H and O–H groups in total. The van der Waals surface area contributed by atoms with Gasteiger partial charge in [0.2, 0.25) is 0 Å². The molecule has 0 aliphatic carbocycles. The third-order valence-corrected chi connectivity index (χ3v) is 5.74. The van der Waals surface area contributed by atoms with Gasteiger partial charge >= 0.3 is 0 Å². The fourth-order valence-corrected chi connectivity index (χ4v) is 4.42. The van der Waals surface area contributed by atoms with Crippen molar-refractivity contribution in [3.8, 4) is 11.1 Å². The summed E-state index contributed by atoms with van der Waals surface area (Å²) < 4.78 is 1.17. The molecule has 0 bridgehead atoms. The molecule has 0 saturated carbocycles. The van der Waals surface area contributed by atoms with Gasteiger partial charge in [-0.15, -0.1) is 0 Å². The van der Waals surface area contributed by atoms with Crippen LogP contribution in [0.2, 0.25) is 0 Å². The van der Waals surface area contributed by atoms with Crippen LogP contribution in [0.25, 0.3) is 43.4 Å². The van der Waals surface area contributed by atoms with Crippen LogP contribution >= 0.6 is 15.9 Å². The SMILES string of the molecule is Brc1c2ccccc2cc2c(-c3ccccc3)c3ccccc3cc12. The summed E-state index contributed by atoms with van der Waals surface area (Å²) in [6.45, 7) is 0. The highest BCUT2D eigenvalue weighted by Gasteiger charge is 2.13. The maximum atomic E-state index is 3.87. The van der Waals surface area contributed by atoms with Crippen molar-refractivity contribution >= 4 is 48.2 Å². The van der Waals surface area contributed by atoms with Crippen molar-refractivity contribution in [2.45, 2.75) is 0 Å². The third kappa shape index (κ3) is 2.27. The van der Waals surface area contributed by atoms with Crippen molar-refractivity contribution in [2.75, 3.05) is 0 Å². The van der Waals surface area contributed by atoms with E-state index in [0.717, 1.165) is 0 Å². The minimum Gasteiger partial charge on any atom is -0.0622 e. The van der Waals surface area contributed by atoms with Gasteiger partial charge in [-0.1, -0.05) is 78.9 Å². The summed E-state index contributed by atoms with van der Waals surface area (Å²) in [5, 5.41) is 7.62. The van der Waals surface area contributed by atoms with Crippen molar-refractivity contribution in [3.05, 3.63) is 95.5 Å². The van der Waals surface area contributed by atoms with E-state index in [0.29, 0.717) is 0 Å². The quantitative estimate of drug-likeness (QED) is 0.262. The molecule has 25 heavy (non-hydrogen) atoms. The molecule has 0 aliphatic rings. The van der Waals surface area contributed by atoms with Gasteiger partial charge in [0, 0.05) is 4.47 Å². The number of hydrogen-bond donors (Lipinski definition) is 0. The van der Waals surface area contributed by atoms with Crippen molar-refractivity contribution in [1.29, 1.82) is 0 Å². The highest BCUT2D eigenvalue weighted by atomic mass is 79.9. The number of hydrogen-bond acceptors (Lipinski definition) is 0. The van der Waals surface area contributed by atoms with Crippen LogP contribution in [0.5, 0.6) is 0 Å². The number of rotatable bonds is 1. The van der Waals surface area contributed by atoms with Crippen LogP contribution in [0.4, 0.5) is 0 Å². The lowest BCUT2D eigenvalue weighted by Gasteiger charge is -2.15. The van der Waals surface area contributed by atoms with Gasteiger partial charge in [-0.05, 0) is 71.5 Å². The van der Waals surface area contributed by atoms with E-state index in [2.05, 4.69) is 107 Å². The summed E-state index contributed by atoms with van der Waals surface area (Å²) >= 11 is 3.87. The molecule has 5 aromatic carbocycles. The molecular formula is C24H15Br. The highest BCUT2D eigenvalue weighted by Crippen LogP contribution is 2.41. The maximum Gasteiger partial charge on any atom is 0.0332 e. The molecule has 0 radical (unpaired) electrons. The molecule has 0 heterocycles. The summed E-state index contributed by atoms with van der Waals surface area (Å²) in [6.07, 6.45) is 0. The molecule has 5 rings (SSSR count). The zero-order valence-corrected chi connectivity index (χ0v) is 15.1. The van der Waals surface area contributed by atoms with Gasteiger partial charge in [-0.3, -0.25) is 0 Å². The van der Waals surface area contributed by atoms with E-state index in [1.54, 1.807) is 0 Å². The average molecular weight is 383 g/mol. The molecule has 0 amide bonds. The minimum absolute atomic E-state index is 1.17. The fourth-order valence-electron chi connectivity index (χ4n) is 3.73. The van der Waals surface area contributed by atoms with E-state index in [1.165, 1.54) is 47.9 Å². The van der Waals surface area contributed by atoms with E-state index in [4.69, 9.17) is 0 Å². The van der Waals surface area contributed by atoms with Crippen molar-refractivity contribution in [3.63, 3.8) is 0 Å². The Kier molecular flexibility index (Phi) is 3.36. The Morgan fingerprint density at radius 1 is 0.480 bits per heavy atom. The summed E-state index contributed by atoms with van der Waals surface area (Å²) in [5.41, 5.74) is 2.56. The standard InChI is InChI=1S/C24H15Br/c25-24-20-13-7-5-11-18(20)14-21-22(24)15-17-10-4-6-12-19(17)23(21)16-8-2-1-3-9-16/h1-15H. The second-order valence-electron chi connectivity index (χ2n) is 6.35. The van der Waals surface area contributed by atoms with Gasteiger partial charge in [0.05, 0.1) is 0 Å². The monoisotopic (exact) mass is 382 g/mol. The fraction of sp³-hybridized carbons (Fsp3) is 0. The van der Waals surface area contributed by atoms with Crippen LogP contribution in [-0.4, -0.2) is 0 Å². The molecule has 0 aromatic heterocycles. The Balaban J connectivity index is 2.06. The Morgan fingerprint density at radius 2 is 1.04 bits per heavy atom. The smallest absolute Gasteiger partial charge is 0.0332 e. The summed E-state index contributed by atoms with van der Waals surface area (Å²) in [6, 6.07) is 32.5. The predicted molar refractivity (Wildman–Crippen MR) is 112 cm³/mol. The third-order valence-electron chi connectivity index (χ3n) is 4.89. The maximum absolute atomic E-state index is 3.87. The lowest BCUT2D eigenvalue weighted by molar-refractivity contribution is 1.67. The van der Waals surface area contributed by atoms with Crippen LogP contribution in [0.3, 0.4) is 0 Å². The van der Waals surface area contributed by atoms with Gasteiger partial charge in [0.1, 0.15) is 0 Å². The van der Waals surface area contributed by atoms with Crippen molar-refractivity contribution < 1.29 is 0 Å². The van der Waals surface area contributed by atoms with Crippen molar-refractivity contribution in [2.24, 2.45) is 0 Å².